The zero-order chi connectivity index (χ0) is 29.3. The monoisotopic (exact) mass is 826 g/mol. The molecule has 46 heavy (non-hydrogen) atoms. The first-order chi connectivity index (χ1) is 20.9. The van der Waals surface area contributed by atoms with Crippen molar-refractivity contribution in [1.82, 2.24) is 0 Å². The third-order valence-electron chi connectivity index (χ3n) is 10.2. The molecule has 0 N–H and O–H groups in total. The molecule has 0 amide bonds. The number of nitrogens with zero attached hydrogens (tertiary/aromatic N) is 2. The van der Waals surface area contributed by atoms with Crippen molar-refractivity contribution in [3.05, 3.63) is 119 Å². The SMILES string of the molecule is Cc1[cH-]c2cccc(N3CCCc4ccccc43)c2c1[Si](C)(C)c1c(C)[cH-]c2cccc(N3CCCc4ccccc43)c12.[Cl-].[Cl-].[Hf+4]. The standard InChI is InChI=1S/C40H40N2Si.2ClH.Hf/c1-27-25-31-15-9-21-35(41-23-11-17-29-13-5-7-19-33(29)41)37(31)39(27)43(3,4)40-28(2)26-32-16-10-22-36(38(32)40)42-24-12-18-30-14-6-8-20-34(30)42;;;/h5-10,13-16,19-22,25-26H,11-12,17-18,23-24H2,1-4H3;2*1H;/q-2;;;+4/p-2. The molecule has 0 aromatic heterocycles. The summed E-state index contributed by atoms with van der Waals surface area (Å²) in [6, 6.07) is 36.9. The van der Waals surface area contributed by atoms with E-state index in [1.54, 1.807) is 10.4 Å². The second-order valence-electron chi connectivity index (χ2n) is 13.3. The summed E-state index contributed by atoms with van der Waals surface area (Å²) in [4.78, 5) is 5.22. The molecule has 0 saturated heterocycles. The number of fused-ring (bicyclic) bond motifs is 4. The quantitative estimate of drug-likeness (QED) is 0.200. The molecule has 2 nitrogen and oxygen atoms in total. The van der Waals surface area contributed by atoms with Crippen LogP contribution in [0.3, 0.4) is 0 Å². The van der Waals surface area contributed by atoms with E-state index < -0.39 is 8.07 Å². The van der Waals surface area contributed by atoms with Gasteiger partial charge in [0.05, 0.1) is 0 Å². The van der Waals surface area contributed by atoms with Crippen LogP contribution in [-0.2, 0) is 38.7 Å². The predicted octanol–water partition coefficient (Wildman–Crippen LogP) is 3.04. The minimum atomic E-state index is -2.20. The van der Waals surface area contributed by atoms with Gasteiger partial charge in [-0.3, -0.25) is 0 Å². The fourth-order valence-electron chi connectivity index (χ4n) is 8.66. The molecule has 6 aromatic carbocycles. The average Bonchev–Trinajstić information content (AvgIpc) is 3.56. The fourth-order valence-corrected chi connectivity index (χ4v) is 12.8. The summed E-state index contributed by atoms with van der Waals surface area (Å²) in [6.07, 6.45) is 4.71. The number of anilines is 4. The van der Waals surface area contributed by atoms with Crippen molar-refractivity contribution in [3.8, 4) is 0 Å². The Labute approximate surface area is 306 Å². The molecular weight excluding hydrogens is 786 g/mol. The molecule has 8 rings (SSSR count). The molecule has 6 heteroatoms. The van der Waals surface area contributed by atoms with E-state index in [1.165, 1.54) is 79.4 Å². The second kappa shape index (κ2) is 13.5. The van der Waals surface area contributed by atoms with Gasteiger partial charge in [0.15, 0.2) is 0 Å². The topological polar surface area (TPSA) is 6.48 Å². The minimum Gasteiger partial charge on any atom is -1.00 e. The maximum absolute atomic E-state index is 2.61. The van der Waals surface area contributed by atoms with Crippen LogP contribution < -0.4 is 45.0 Å². The molecule has 0 atom stereocenters. The summed E-state index contributed by atoms with van der Waals surface area (Å²) in [5.41, 5.74) is 11.3. The third kappa shape index (κ3) is 5.43. The number of benzene rings is 4. The van der Waals surface area contributed by atoms with Crippen molar-refractivity contribution < 1.29 is 50.7 Å². The van der Waals surface area contributed by atoms with Crippen LogP contribution in [0.4, 0.5) is 22.7 Å². The van der Waals surface area contributed by atoms with Crippen LogP contribution >= 0.6 is 0 Å². The molecule has 0 fully saturated rings. The first-order valence-electron chi connectivity index (χ1n) is 16.0. The van der Waals surface area contributed by atoms with Crippen LogP contribution in [0.1, 0.15) is 35.1 Å². The predicted molar refractivity (Wildman–Crippen MR) is 189 cm³/mol. The Hall–Kier alpha value is -2.63. The summed E-state index contributed by atoms with van der Waals surface area (Å²) in [7, 11) is -2.20. The number of rotatable bonds is 4. The van der Waals surface area contributed by atoms with Crippen molar-refractivity contribution in [3.63, 3.8) is 0 Å². The van der Waals surface area contributed by atoms with Gasteiger partial charge in [0, 0.05) is 32.5 Å². The minimum absolute atomic E-state index is 0. The van der Waals surface area contributed by atoms with Gasteiger partial charge >= 0.3 is 25.8 Å². The van der Waals surface area contributed by atoms with Gasteiger partial charge in [0.1, 0.15) is 0 Å². The Balaban J connectivity index is 0.00000139. The van der Waals surface area contributed by atoms with Crippen molar-refractivity contribution >= 4 is 62.7 Å². The average molecular weight is 826 g/mol. The zero-order valence-electron chi connectivity index (χ0n) is 27.1. The van der Waals surface area contributed by atoms with E-state index in [0.717, 1.165) is 25.9 Å². The molecule has 0 spiro atoms. The number of hydrogen-bond acceptors (Lipinski definition) is 2. The third-order valence-corrected chi connectivity index (χ3v) is 14.0. The normalized spacial score (nSPS) is 14.3. The van der Waals surface area contributed by atoms with Crippen LogP contribution in [0.2, 0.25) is 13.1 Å². The first-order valence-corrected chi connectivity index (χ1v) is 19.0. The molecule has 0 aliphatic carbocycles. The van der Waals surface area contributed by atoms with Gasteiger partial charge < -0.3 is 34.6 Å². The molecule has 2 aliphatic heterocycles. The van der Waals surface area contributed by atoms with Crippen molar-refractivity contribution in [1.29, 1.82) is 0 Å². The smallest absolute Gasteiger partial charge is 1.00 e. The van der Waals surface area contributed by atoms with Crippen LogP contribution in [0.5, 0.6) is 0 Å². The summed E-state index contributed by atoms with van der Waals surface area (Å²) in [5, 5.41) is 8.92. The molecule has 0 bridgehead atoms. The van der Waals surface area contributed by atoms with Crippen molar-refractivity contribution in [2.45, 2.75) is 52.6 Å². The van der Waals surface area contributed by atoms with Gasteiger partial charge in [0.25, 0.3) is 0 Å². The van der Waals surface area contributed by atoms with E-state index in [0.29, 0.717) is 0 Å². The molecular formula is C40H40Cl2HfN2Si. The van der Waals surface area contributed by atoms with E-state index in [-0.39, 0.29) is 50.7 Å². The number of para-hydroxylation sites is 2. The maximum Gasteiger partial charge on any atom is 4.00 e. The zero-order valence-corrected chi connectivity index (χ0v) is 33.2. The Kier molecular flexibility index (Phi) is 10.2. The molecule has 0 saturated carbocycles. The summed E-state index contributed by atoms with van der Waals surface area (Å²) >= 11 is 0. The Morgan fingerprint density at radius 2 is 0.935 bits per heavy atom. The van der Waals surface area contributed by atoms with Crippen molar-refractivity contribution in [2.24, 2.45) is 0 Å². The van der Waals surface area contributed by atoms with E-state index in [4.69, 9.17) is 0 Å². The van der Waals surface area contributed by atoms with Gasteiger partial charge in [-0.2, -0.15) is 10.4 Å². The molecule has 0 unspecified atom stereocenters. The van der Waals surface area contributed by atoms with Gasteiger partial charge in [-0.25, -0.2) is 0 Å². The van der Waals surface area contributed by atoms with E-state index in [1.807, 2.05) is 0 Å². The second-order valence-corrected chi connectivity index (χ2v) is 17.5. The van der Waals surface area contributed by atoms with Crippen LogP contribution in [0, 0.1) is 13.8 Å². The molecule has 2 heterocycles. The summed E-state index contributed by atoms with van der Waals surface area (Å²) in [6.45, 7) is 12.1. The van der Waals surface area contributed by atoms with E-state index in [9.17, 15) is 0 Å². The number of hydrogen-bond donors (Lipinski definition) is 0. The van der Waals surface area contributed by atoms with Crippen LogP contribution in [0.15, 0.2) is 97.1 Å². The van der Waals surface area contributed by atoms with E-state index >= 15 is 0 Å². The number of aryl methyl sites for hydroxylation is 4. The fraction of sp³-hybridized carbons (Fsp3) is 0.250. The Morgan fingerprint density at radius 1 is 0.543 bits per heavy atom. The maximum atomic E-state index is 2.61. The van der Waals surface area contributed by atoms with Crippen molar-refractivity contribution in [2.75, 3.05) is 22.9 Å². The van der Waals surface area contributed by atoms with Crippen LogP contribution in [0.25, 0.3) is 21.5 Å². The van der Waals surface area contributed by atoms with Gasteiger partial charge in [0.2, 0.25) is 0 Å². The first kappa shape index (κ1) is 34.7. The van der Waals surface area contributed by atoms with Gasteiger partial charge in [-0.15, -0.1) is 69.1 Å². The molecule has 232 valence electrons. The molecule has 6 aromatic rings. The number of halogens is 2. The molecule has 0 radical (unpaired) electrons. The van der Waals surface area contributed by atoms with Gasteiger partial charge in [-0.05, 0) is 60.3 Å². The summed E-state index contributed by atoms with van der Waals surface area (Å²) < 4.78 is 0. The summed E-state index contributed by atoms with van der Waals surface area (Å²) in [5.74, 6) is 0. The van der Waals surface area contributed by atoms with E-state index in [2.05, 4.69) is 134 Å². The molecule has 2 aliphatic rings. The van der Waals surface area contributed by atoms with Crippen LogP contribution in [-0.4, -0.2) is 21.2 Å². The van der Waals surface area contributed by atoms with Gasteiger partial charge in [-0.1, -0.05) is 75.5 Å². The Bertz CT molecular complexity index is 1880. The largest absolute Gasteiger partial charge is 4.00 e. The Morgan fingerprint density at radius 3 is 1.37 bits per heavy atom.